The molecule has 6 nitrogen and oxygen atoms in total. The predicted octanol–water partition coefficient (Wildman–Crippen LogP) is 3.32. The Morgan fingerprint density at radius 2 is 1.91 bits per heavy atom. The van der Waals surface area contributed by atoms with Gasteiger partial charge in [0.15, 0.2) is 5.96 Å². The molecule has 0 radical (unpaired) electrons. The highest BCUT2D eigenvalue weighted by molar-refractivity contribution is 14.0. The van der Waals surface area contributed by atoms with Crippen molar-refractivity contribution in [1.29, 1.82) is 0 Å². The van der Waals surface area contributed by atoms with Gasteiger partial charge in [-0.1, -0.05) is 42.5 Å². The summed E-state index contributed by atoms with van der Waals surface area (Å²) in [6, 6.07) is 17.5. The number of benzene rings is 2. The second kappa shape index (κ2) is 11.9. The van der Waals surface area contributed by atoms with Crippen LogP contribution < -0.4 is 15.5 Å². The standard InChI is InChI=1S/C25H34N4O2.HI/c1-26-24(28-18-25(11-14-30)12-15-31-19-25)27-16-20-6-8-21(9-7-20)17-29-13-10-22-4-2-3-5-23(22)29;/h2-9,30H,10-19H2,1H3,(H2,26,27,28);1H. The minimum Gasteiger partial charge on any atom is -0.396 e. The van der Waals surface area contributed by atoms with Gasteiger partial charge in [0.05, 0.1) is 6.61 Å². The lowest BCUT2D eigenvalue weighted by molar-refractivity contribution is 0.127. The van der Waals surface area contributed by atoms with Gasteiger partial charge in [-0.05, 0) is 42.0 Å². The molecule has 1 fully saturated rings. The molecule has 0 aromatic heterocycles. The molecule has 0 saturated carbocycles. The average Bonchev–Trinajstić information content (AvgIpc) is 3.43. The van der Waals surface area contributed by atoms with Crippen LogP contribution in [0.4, 0.5) is 5.69 Å². The zero-order chi connectivity index (χ0) is 21.5. The maximum atomic E-state index is 9.39. The molecule has 1 atom stereocenters. The number of halogens is 1. The summed E-state index contributed by atoms with van der Waals surface area (Å²) in [5, 5.41) is 16.2. The number of guanidine groups is 1. The second-order valence-corrected chi connectivity index (χ2v) is 8.67. The summed E-state index contributed by atoms with van der Waals surface area (Å²) >= 11 is 0. The van der Waals surface area contributed by atoms with E-state index in [0.717, 1.165) is 58.0 Å². The quantitative estimate of drug-likeness (QED) is 0.268. The smallest absolute Gasteiger partial charge is 0.191 e. The molecular formula is C25H35IN4O2. The van der Waals surface area contributed by atoms with Crippen LogP contribution in [0.1, 0.15) is 29.5 Å². The molecule has 2 heterocycles. The molecule has 3 N–H and O–H groups in total. The number of rotatable bonds is 8. The number of aliphatic imine (C=N–C) groups is 1. The van der Waals surface area contributed by atoms with Crippen molar-refractivity contribution in [3.05, 3.63) is 65.2 Å². The van der Waals surface area contributed by atoms with Crippen molar-refractivity contribution < 1.29 is 9.84 Å². The molecule has 0 bridgehead atoms. The minimum atomic E-state index is 0. The number of aliphatic hydroxyl groups is 1. The van der Waals surface area contributed by atoms with Gasteiger partial charge in [-0.25, -0.2) is 0 Å². The maximum absolute atomic E-state index is 9.39. The highest BCUT2D eigenvalue weighted by Gasteiger charge is 2.34. The lowest BCUT2D eigenvalue weighted by atomic mass is 9.84. The summed E-state index contributed by atoms with van der Waals surface area (Å²) < 4.78 is 5.57. The van der Waals surface area contributed by atoms with Gasteiger partial charge >= 0.3 is 0 Å². The molecule has 0 amide bonds. The summed E-state index contributed by atoms with van der Waals surface area (Å²) in [4.78, 5) is 6.81. The summed E-state index contributed by atoms with van der Waals surface area (Å²) in [5.74, 6) is 0.780. The first-order valence-corrected chi connectivity index (χ1v) is 11.3. The van der Waals surface area contributed by atoms with E-state index in [0.29, 0.717) is 6.61 Å². The maximum Gasteiger partial charge on any atom is 0.191 e. The van der Waals surface area contributed by atoms with E-state index in [9.17, 15) is 5.11 Å². The Kier molecular flexibility index (Phi) is 9.19. The van der Waals surface area contributed by atoms with E-state index in [2.05, 4.69) is 69.1 Å². The van der Waals surface area contributed by atoms with Crippen LogP contribution in [0.15, 0.2) is 53.5 Å². The Bertz CT molecular complexity index is 882. The number of hydrogen-bond acceptors (Lipinski definition) is 4. The molecule has 2 aliphatic heterocycles. The normalized spacial score (nSPS) is 20.1. The van der Waals surface area contributed by atoms with E-state index in [-0.39, 0.29) is 36.0 Å². The van der Waals surface area contributed by atoms with Crippen LogP contribution in [0.2, 0.25) is 0 Å². The van der Waals surface area contributed by atoms with Crippen LogP contribution in [0.5, 0.6) is 0 Å². The molecule has 2 aromatic carbocycles. The van der Waals surface area contributed by atoms with Crippen LogP contribution in [0.3, 0.4) is 0 Å². The highest BCUT2D eigenvalue weighted by Crippen LogP contribution is 2.31. The number of hydrogen-bond donors (Lipinski definition) is 3. The Balaban J connectivity index is 0.00000289. The Morgan fingerprint density at radius 3 is 2.62 bits per heavy atom. The summed E-state index contributed by atoms with van der Waals surface area (Å²) in [6.07, 6.45) is 2.86. The number of ether oxygens (including phenoxy) is 1. The zero-order valence-corrected chi connectivity index (χ0v) is 21.2. The van der Waals surface area contributed by atoms with Gasteiger partial charge < -0.3 is 25.4 Å². The molecule has 0 aliphatic carbocycles. The minimum absolute atomic E-state index is 0. The monoisotopic (exact) mass is 550 g/mol. The van der Waals surface area contributed by atoms with Crippen LogP contribution in [0, 0.1) is 5.41 Å². The Morgan fingerprint density at radius 1 is 1.12 bits per heavy atom. The summed E-state index contributed by atoms with van der Waals surface area (Å²) in [7, 11) is 1.79. The number of anilines is 1. The van der Waals surface area contributed by atoms with E-state index in [1.807, 2.05) is 0 Å². The molecule has 0 spiro atoms. The SMILES string of the molecule is CN=C(NCc1ccc(CN2CCc3ccccc32)cc1)NCC1(CCO)CCOC1.I. The molecular weight excluding hydrogens is 515 g/mol. The topological polar surface area (TPSA) is 69.1 Å². The average molecular weight is 550 g/mol. The molecule has 32 heavy (non-hydrogen) atoms. The molecule has 1 unspecified atom stereocenters. The van der Waals surface area contributed by atoms with E-state index >= 15 is 0 Å². The third kappa shape index (κ3) is 6.14. The van der Waals surface area contributed by atoms with Gasteiger partial charge in [0.2, 0.25) is 0 Å². The number of aliphatic hydroxyl groups excluding tert-OH is 1. The number of nitrogens with one attached hydrogen (secondary N) is 2. The lowest BCUT2D eigenvalue weighted by Gasteiger charge is -2.27. The third-order valence-corrected chi connectivity index (χ3v) is 6.52. The van der Waals surface area contributed by atoms with Crippen molar-refractivity contribution >= 4 is 35.6 Å². The lowest BCUT2D eigenvalue weighted by Crippen LogP contribution is -2.44. The van der Waals surface area contributed by atoms with Gasteiger partial charge in [0.25, 0.3) is 0 Å². The second-order valence-electron chi connectivity index (χ2n) is 8.67. The van der Waals surface area contributed by atoms with Crippen molar-refractivity contribution in [2.75, 3.05) is 44.9 Å². The first kappa shape index (κ1) is 24.8. The van der Waals surface area contributed by atoms with Gasteiger partial charge in [-0.15, -0.1) is 24.0 Å². The highest BCUT2D eigenvalue weighted by atomic mass is 127. The van der Waals surface area contributed by atoms with Crippen LogP contribution in [-0.2, 0) is 24.2 Å². The molecule has 174 valence electrons. The number of nitrogens with zero attached hydrogens (tertiary/aromatic N) is 2. The first-order chi connectivity index (χ1) is 15.2. The molecule has 1 saturated heterocycles. The van der Waals surface area contributed by atoms with Gasteiger partial charge in [-0.2, -0.15) is 0 Å². The molecule has 2 aromatic rings. The molecule has 2 aliphatic rings. The Hall–Kier alpha value is -1.84. The molecule has 4 rings (SSSR count). The third-order valence-electron chi connectivity index (χ3n) is 6.52. The number of fused-ring (bicyclic) bond motifs is 1. The van der Waals surface area contributed by atoms with Gasteiger partial charge in [0.1, 0.15) is 0 Å². The fourth-order valence-electron chi connectivity index (χ4n) is 4.54. The summed E-state index contributed by atoms with van der Waals surface area (Å²) in [5.41, 5.74) is 5.38. The summed E-state index contributed by atoms with van der Waals surface area (Å²) in [6.45, 7) is 5.16. The van der Waals surface area contributed by atoms with Gasteiger partial charge in [0, 0.05) is 57.5 Å². The fourth-order valence-corrected chi connectivity index (χ4v) is 4.54. The van der Waals surface area contributed by atoms with Crippen molar-refractivity contribution in [3.63, 3.8) is 0 Å². The van der Waals surface area contributed by atoms with Crippen molar-refractivity contribution in [2.24, 2.45) is 10.4 Å². The predicted molar refractivity (Wildman–Crippen MR) is 141 cm³/mol. The van der Waals surface area contributed by atoms with Gasteiger partial charge in [-0.3, -0.25) is 4.99 Å². The zero-order valence-electron chi connectivity index (χ0n) is 18.8. The number of para-hydroxylation sites is 1. The van der Waals surface area contributed by atoms with Crippen LogP contribution in [-0.4, -0.2) is 51.0 Å². The van der Waals surface area contributed by atoms with E-state index in [1.165, 1.54) is 22.4 Å². The van der Waals surface area contributed by atoms with E-state index < -0.39 is 0 Å². The first-order valence-electron chi connectivity index (χ1n) is 11.3. The fraction of sp³-hybridized carbons (Fsp3) is 0.480. The van der Waals surface area contributed by atoms with Crippen LogP contribution in [0.25, 0.3) is 0 Å². The van der Waals surface area contributed by atoms with Crippen molar-refractivity contribution in [3.8, 4) is 0 Å². The van der Waals surface area contributed by atoms with Crippen molar-refractivity contribution in [2.45, 2.75) is 32.4 Å². The molecule has 7 heteroatoms. The van der Waals surface area contributed by atoms with E-state index in [4.69, 9.17) is 4.74 Å². The van der Waals surface area contributed by atoms with Crippen LogP contribution >= 0.6 is 24.0 Å². The largest absolute Gasteiger partial charge is 0.396 e. The van der Waals surface area contributed by atoms with Crippen molar-refractivity contribution in [1.82, 2.24) is 10.6 Å². The van der Waals surface area contributed by atoms with E-state index in [1.54, 1.807) is 7.05 Å². The Labute approximate surface area is 208 Å².